The summed E-state index contributed by atoms with van der Waals surface area (Å²) in [4.78, 5) is 4.22. The van der Waals surface area contributed by atoms with Crippen molar-refractivity contribution in [3.8, 4) is 11.5 Å². The molecular weight excluding hydrogens is 349 g/mol. The Balaban J connectivity index is 1.52. The molecule has 1 aliphatic rings. The Hall–Kier alpha value is -2.80. The van der Waals surface area contributed by atoms with Crippen molar-refractivity contribution in [2.24, 2.45) is 4.99 Å². The first kappa shape index (κ1) is 19.0. The second kappa shape index (κ2) is 9.23. The molecule has 1 heterocycles. The summed E-state index contributed by atoms with van der Waals surface area (Å²) in [5, 5.41) is 6.50. The van der Waals surface area contributed by atoms with E-state index in [0.29, 0.717) is 32.1 Å². The van der Waals surface area contributed by atoms with Gasteiger partial charge in [-0.25, -0.2) is 4.39 Å². The van der Waals surface area contributed by atoms with Crippen LogP contribution in [0.5, 0.6) is 11.5 Å². The number of halogens is 1. The third kappa shape index (κ3) is 5.10. The number of nitrogens with zero attached hydrogens (tertiary/aromatic N) is 1. The van der Waals surface area contributed by atoms with Crippen LogP contribution in [0.25, 0.3) is 0 Å². The summed E-state index contributed by atoms with van der Waals surface area (Å²) in [5.41, 5.74) is 2.69. The van der Waals surface area contributed by atoms with Gasteiger partial charge in [0, 0.05) is 25.7 Å². The molecule has 0 saturated heterocycles. The summed E-state index contributed by atoms with van der Waals surface area (Å²) in [7, 11) is 3.36. The van der Waals surface area contributed by atoms with E-state index in [1.807, 2.05) is 24.3 Å². The minimum absolute atomic E-state index is 0.199. The fraction of sp³-hybridized carbons (Fsp3) is 0.350. The number of benzene rings is 2. The molecule has 2 aromatic rings. The normalized spacial score (nSPS) is 13.5. The number of hydrogen-bond donors (Lipinski definition) is 2. The Labute approximate surface area is 158 Å². The van der Waals surface area contributed by atoms with Crippen molar-refractivity contribution in [2.75, 3.05) is 27.5 Å². The molecule has 7 heteroatoms. The van der Waals surface area contributed by atoms with Gasteiger partial charge in [0.15, 0.2) is 12.8 Å². The van der Waals surface area contributed by atoms with Crippen LogP contribution in [0.15, 0.2) is 41.4 Å². The van der Waals surface area contributed by atoms with Crippen LogP contribution in [-0.4, -0.2) is 33.5 Å². The van der Waals surface area contributed by atoms with Crippen LogP contribution in [0.1, 0.15) is 16.7 Å². The Kier molecular flexibility index (Phi) is 6.49. The standard InChI is InChI=1S/C20H24FN3O3/c1-22-20(24-11-14-3-5-18(25-2)6-4-14)23-8-7-15-9-17(21)10-16-12-26-13-27-19(15)16/h3-6,9-10H,7-8,11-13H2,1-2H3,(H2,22,23,24). The van der Waals surface area contributed by atoms with Gasteiger partial charge in [-0.1, -0.05) is 12.1 Å². The zero-order chi connectivity index (χ0) is 19.1. The molecule has 0 spiro atoms. The molecule has 0 amide bonds. The SMILES string of the molecule is CN=C(NCCc1cc(F)cc2c1OCOC2)NCc1ccc(OC)cc1. The van der Waals surface area contributed by atoms with Crippen LogP contribution >= 0.6 is 0 Å². The van der Waals surface area contributed by atoms with Crippen molar-refractivity contribution in [1.29, 1.82) is 0 Å². The minimum Gasteiger partial charge on any atom is -0.497 e. The lowest BCUT2D eigenvalue weighted by Gasteiger charge is -2.21. The van der Waals surface area contributed by atoms with Crippen LogP contribution in [0.4, 0.5) is 4.39 Å². The number of aliphatic imine (C=N–C) groups is 1. The monoisotopic (exact) mass is 373 g/mol. The van der Waals surface area contributed by atoms with Crippen molar-refractivity contribution in [2.45, 2.75) is 19.6 Å². The first-order chi connectivity index (χ1) is 13.2. The first-order valence-electron chi connectivity index (χ1n) is 8.79. The Morgan fingerprint density at radius 1 is 1.22 bits per heavy atom. The van der Waals surface area contributed by atoms with Gasteiger partial charge in [-0.2, -0.15) is 0 Å². The number of guanidine groups is 1. The van der Waals surface area contributed by atoms with Crippen molar-refractivity contribution < 1.29 is 18.6 Å². The number of nitrogens with one attached hydrogen (secondary N) is 2. The largest absolute Gasteiger partial charge is 0.497 e. The quantitative estimate of drug-likeness (QED) is 0.602. The highest BCUT2D eigenvalue weighted by Crippen LogP contribution is 2.29. The predicted molar refractivity (Wildman–Crippen MR) is 102 cm³/mol. The van der Waals surface area contributed by atoms with Gasteiger partial charge in [0.25, 0.3) is 0 Å². The lowest BCUT2D eigenvalue weighted by Crippen LogP contribution is -2.37. The lowest BCUT2D eigenvalue weighted by molar-refractivity contribution is -0.0172. The molecule has 0 aromatic heterocycles. The molecule has 0 radical (unpaired) electrons. The van der Waals surface area contributed by atoms with E-state index < -0.39 is 0 Å². The van der Waals surface area contributed by atoms with Gasteiger partial charge in [0.1, 0.15) is 17.3 Å². The van der Waals surface area contributed by atoms with E-state index in [2.05, 4.69) is 15.6 Å². The number of fused-ring (bicyclic) bond motifs is 1. The molecule has 3 rings (SSSR count). The maximum atomic E-state index is 13.8. The zero-order valence-electron chi connectivity index (χ0n) is 15.5. The van der Waals surface area contributed by atoms with Gasteiger partial charge in [0.05, 0.1) is 13.7 Å². The average Bonchev–Trinajstić information content (AvgIpc) is 2.70. The molecule has 1 aliphatic heterocycles. The van der Waals surface area contributed by atoms with E-state index in [-0.39, 0.29) is 12.6 Å². The summed E-state index contributed by atoms with van der Waals surface area (Å²) in [5.74, 6) is 1.96. The Morgan fingerprint density at radius 2 is 2.04 bits per heavy atom. The molecule has 0 atom stereocenters. The maximum absolute atomic E-state index is 13.8. The molecule has 0 unspecified atom stereocenters. The van der Waals surface area contributed by atoms with Crippen molar-refractivity contribution in [3.05, 3.63) is 58.9 Å². The van der Waals surface area contributed by atoms with Gasteiger partial charge in [0.2, 0.25) is 0 Å². The molecule has 6 nitrogen and oxygen atoms in total. The van der Waals surface area contributed by atoms with Crippen molar-refractivity contribution in [1.82, 2.24) is 10.6 Å². The van der Waals surface area contributed by atoms with Crippen LogP contribution in [0.3, 0.4) is 0 Å². The molecule has 0 fully saturated rings. The van der Waals surface area contributed by atoms with Crippen LogP contribution < -0.4 is 20.1 Å². The average molecular weight is 373 g/mol. The summed E-state index contributed by atoms with van der Waals surface area (Å²) in [6.45, 7) is 1.81. The maximum Gasteiger partial charge on any atom is 0.191 e. The van der Waals surface area contributed by atoms with Gasteiger partial charge in [-0.15, -0.1) is 0 Å². The summed E-state index contributed by atoms with van der Waals surface area (Å²) >= 11 is 0. The second-order valence-electron chi connectivity index (χ2n) is 6.11. The van der Waals surface area contributed by atoms with E-state index in [1.165, 1.54) is 12.1 Å². The molecular formula is C20H24FN3O3. The fourth-order valence-electron chi connectivity index (χ4n) is 2.91. The van der Waals surface area contributed by atoms with Crippen molar-refractivity contribution >= 4 is 5.96 Å². The van der Waals surface area contributed by atoms with Gasteiger partial charge in [-0.05, 0) is 41.8 Å². The summed E-state index contributed by atoms with van der Waals surface area (Å²) < 4.78 is 29.7. The van der Waals surface area contributed by atoms with E-state index in [1.54, 1.807) is 14.2 Å². The van der Waals surface area contributed by atoms with Crippen LogP contribution in [-0.2, 0) is 24.3 Å². The summed E-state index contributed by atoms with van der Waals surface area (Å²) in [6.07, 6.45) is 0.614. The van der Waals surface area contributed by atoms with Gasteiger partial charge >= 0.3 is 0 Å². The molecule has 2 aromatic carbocycles. The predicted octanol–water partition coefficient (Wildman–Crippen LogP) is 2.61. The van der Waals surface area contributed by atoms with Crippen LogP contribution in [0.2, 0.25) is 0 Å². The smallest absolute Gasteiger partial charge is 0.191 e. The molecule has 0 saturated carbocycles. The van der Waals surface area contributed by atoms with Crippen molar-refractivity contribution in [3.63, 3.8) is 0 Å². The first-order valence-corrected chi connectivity index (χ1v) is 8.79. The molecule has 2 N–H and O–H groups in total. The Morgan fingerprint density at radius 3 is 2.78 bits per heavy atom. The fourth-order valence-corrected chi connectivity index (χ4v) is 2.91. The van der Waals surface area contributed by atoms with E-state index in [4.69, 9.17) is 14.2 Å². The number of ether oxygens (including phenoxy) is 3. The molecule has 0 bridgehead atoms. The highest BCUT2D eigenvalue weighted by molar-refractivity contribution is 5.79. The highest BCUT2D eigenvalue weighted by Gasteiger charge is 2.16. The molecule has 27 heavy (non-hydrogen) atoms. The van der Waals surface area contributed by atoms with Crippen LogP contribution in [0, 0.1) is 5.82 Å². The number of hydrogen-bond acceptors (Lipinski definition) is 4. The van der Waals surface area contributed by atoms with Gasteiger partial charge in [-0.3, -0.25) is 4.99 Å². The number of rotatable bonds is 6. The number of methoxy groups -OCH3 is 1. The highest BCUT2D eigenvalue weighted by atomic mass is 19.1. The lowest BCUT2D eigenvalue weighted by atomic mass is 10.1. The minimum atomic E-state index is -0.278. The van der Waals surface area contributed by atoms with Gasteiger partial charge < -0.3 is 24.8 Å². The third-order valence-corrected chi connectivity index (χ3v) is 4.28. The Bertz CT molecular complexity index is 794. The van der Waals surface area contributed by atoms with E-state index >= 15 is 0 Å². The topological polar surface area (TPSA) is 64.1 Å². The second-order valence-corrected chi connectivity index (χ2v) is 6.11. The molecule has 0 aliphatic carbocycles. The van der Waals surface area contributed by atoms with E-state index in [0.717, 1.165) is 28.2 Å². The zero-order valence-corrected chi connectivity index (χ0v) is 15.5. The third-order valence-electron chi connectivity index (χ3n) is 4.28. The molecule has 144 valence electrons. The van der Waals surface area contributed by atoms with E-state index in [9.17, 15) is 4.39 Å². The summed E-state index contributed by atoms with van der Waals surface area (Å²) in [6, 6.07) is 10.8.